The topological polar surface area (TPSA) is 51.9 Å². The lowest BCUT2D eigenvalue weighted by molar-refractivity contribution is -0.137. The summed E-state index contributed by atoms with van der Waals surface area (Å²) in [4.78, 5) is 16.4. The number of hydrogen-bond donors (Lipinski definition) is 1. The van der Waals surface area contributed by atoms with Crippen molar-refractivity contribution in [3.63, 3.8) is 0 Å². The zero-order valence-electron chi connectivity index (χ0n) is 20.9. The second kappa shape index (κ2) is 9.09. The molecule has 1 aromatic heterocycles. The number of rotatable bonds is 4. The van der Waals surface area contributed by atoms with Gasteiger partial charge in [-0.05, 0) is 61.7 Å². The molecule has 0 amide bonds. The van der Waals surface area contributed by atoms with Crippen LogP contribution in [-0.4, -0.2) is 58.2 Å². The molecule has 194 valence electrons. The van der Waals surface area contributed by atoms with Crippen molar-refractivity contribution in [2.24, 2.45) is 4.99 Å². The van der Waals surface area contributed by atoms with Crippen LogP contribution in [0.25, 0.3) is 11.0 Å². The second-order valence-electron chi connectivity index (χ2n) is 10.1. The molecule has 0 radical (unpaired) electrons. The van der Waals surface area contributed by atoms with E-state index in [0.29, 0.717) is 17.6 Å². The molecule has 3 atom stereocenters. The number of benzene rings is 2. The van der Waals surface area contributed by atoms with Gasteiger partial charge in [-0.2, -0.15) is 13.2 Å². The summed E-state index contributed by atoms with van der Waals surface area (Å²) in [5.74, 6) is 0.577. The third-order valence-corrected chi connectivity index (χ3v) is 7.72. The van der Waals surface area contributed by atoms with E-state index in [2.05, 4.69) is 37.9 Å². The van der Waals surface area contributed by atoms with Crippen LogP contribution in [0.4, 0.5) is 18.9 Å². The van der Waals surface area contributed by atoms with E-state index in [9.17, 15) is 13.2 Å². The molecule has 10 heteroatoms. The summed E-state index contributed by atoms with van der Waals surface area (Å²) >= 11 is 0. The van der Waals surface area contributed by atoms with Crippen LogP contribution in [0.2, 0.25) is 0 Å². The van der Waals surface area contributed by atoms with Gasteiger partial charge >= 0.3 is 6.18 Å². The fourth-order valence-corrected chi connectivity index (χ4v) is 5.64. The molecule has 3 aromatic rings. The van der Waals surface area contributed by atoms with E-state index in [0.717, 1.165) is 36.4 Å². The average Bonchev–Trinajstić information content (AvgIpc) is 3.59. The summed E-state index contributed by atoms with van der Waals surface area (Å²) in [6, 6.07) is 12.0. The second-order valence-corrected chi connectivity index (χ2v) is 10.1. The van der Waals surface area contributed by atoms with Gasteiger partial charge in [0.2, 0.25) is 0 Å². The SMILES string of the molecule is C[C@H](N=C1NC=CC(n2cnc3cc(N4CC5CCCN5C4)ccc32)N1C)c1cccc(C(F)(F)F)c1. The van der Waals surface area contributed by atoms with Gasteiger partial charge in [0.25, 0.3) is 0 Å². The van der Waals surface area contributed by atoms with E-state index < -0.39 is 17.8 Å². The van der Waals surface area contributed by atoms with Crippen molar-refractivity contribution < 1.29 is 13.2 Å². The lowest BCUT2D eigenvalue weighted by atomic mass is 10.1. The number of alkyl halides is 3. The number of anilines is 1. The molecule has 2 aromatic carbocycles. The van der Waals surface area contributed by atoms with E-state index >= 15 is 0 Å². The molecule has 7 nitrogen and oxygen atoms in total. The maximum atomic E-state index is 13.2. The van der Waals surface area contributed by atoms with Gasteiger partial charge < -0.3 is 19.7 Å². The standard InChI is InChI=1S/C27H30F3N7/c1-18(19-5-3-6-20(13-19)27(28,29)30)33-26-31-11-10-25(34(26)2)37-16-32-23-14-21(8-9-24(23)37)36-15-22-7-4-12-35(22)17-36/h3,5-6,8-11,13-14,16,18,22,25H,4,7,12,15,17H2,1-2H3,(H,31,33)/t18-,22?,25?/m0/s1. The summed E-state index contributed by atoms with van der Waals surface area (Å²) in [5.41, 5.74) is 2.97. The van der Waals surface area contributed by atoms with Crippen LogP contribution in [0.1, 0.15) is 43.1 Å². The van der Waals surface area contributed by atoms with Gasteiger partial charge in [-0.1, -0.05) is 12.1 Å². The summed E-state index contributed by atoms with van der Waals surface area (Å²) in [6.07, 6.45) is 3.67. The van der Waals surface area contributed by atoms with Crippen LogP contribution in [0.3, 0.4) is 0 Å². The highest BCUT2D eigenvalue weighted by molar-refractivity contribution is 5.83. The number of hydrogen-bond acceptors (Lipinski definition) is 4. The Labute approximate surface area is 213 Å². The minimum atomic E-state index is -4.38. The number of nitrogens with zero attached hydrogens (tertiary/aromatic N) is 6. The first-order chi connectivity index (χ1) is 17.8. The van der Waals surface area contributed by atoms with E-state index in [4.69, 9.17) is 9.98 Å². The minimum Gasteiger partial charge on any atom is -0.357 e. The lowest BCUT2D eigenvalue weighted by Gasteiger charge is -2.33. The van der Waals surface area contributed by atoms with Gasteiger partial charge in [0, 0.05) is 38.1 Å². The normalized spacial score (nSPS) is 24.2. The quantitative estimate of drug-likeness (QED) is 0.539. The van der Waals surface area contributed by atoms with Crippen molar-refractivity contribution in [1.82, 2.24) is 24.7 Å². The highest BCUT2D eigenvalue weighted by Crippen LogP contribution is 2.33. The van der Waals surface area contributed by atoms with E-state index in [1.165, 1.54) is 31.1 Å². The van der Waals surface area contributed by atoms with Gasteiger partial charge in [0.05, 0.1) is 35.6 Å². The van der Waals surface area contributed by atoms with Gasteiger partial charge in [-0.3, -0.25) is 4.90 Å². The predicted octanol–water partition coefficient (Wildman–Crippen LogP) is 4.96. The van der Waals surface area contributed by atoms with Gasteiger partial charge in [0.15, 0.2) is 5.96 Å². The van der Waals surface area contributed by atoms with Crippen LogP contribution in [-0.2, 0) is 6.18 Å². The Bertz CT molecular complexity index is 1350. The van der Waals surface area contributed by atoms with Crippen LogP contribution in [0, 0.1) is 0 Å². The number of fused-ring (bicyclic) bond motifs is 2. The Kier molecular flexibility index (Phi) is 5.86. The number of aliphatic imine (C=N–C) groups is 1. The van der Waals surface area contributed by atoms with Gasteiger partial charge in [-0.25, -0.2) is 9.98 Å². The van der Waals surface area contributed by atoms with Crippen LogP contribution in [0.15, 0.2) is 66.1 Å². The third-order valence-electron chi connectivity index (χ3n) is 7.72. The monoisotopic (exact) mass is 509 g/mol. The van der Waals surface area contributed by atoms with Gasteiger partial charge in [-0.15, -0.1) is 0 Å². The number of aromatic nitrogens is 2. The van der Waals surface area contributed by atoms with E-state index in [-0.39, 0.29) is 6.17 Å². The molecule has 37 heavy (non-hydrogen) atoms. The molecule has 0 saturated carbocycles. The molecule has 1 N–H and O–H groups in total. The van der Waals surface area contributed by atoms with Crippen molar-refractivity contribution in [1.29, 1.82) is 0 Å². The van der Waals surface area contributed by atoms with Crippen molar-refractivity contribution in [3.05, 3.63) is 72.2 Å². The van der Waals surface area contributed by atoms with E-state index in [1.54, 1.807) is 13.0 Å². The lowest BCUT2D eigenvalue weighted by Crippen LogP contribution is -2.43. The molecule has 3 aliphatic heterocycles. The van der Waals surface area contributed by atoms with Crippen molar-refractivity contribution in [3.8, 4) is 0 Å². The van der Waals surface area contributed by atoms with Crippen LogP contribution >= 0.6 is 0 Å². The molecule has 2 saturated heterocycles. The predicted molar refractivity (Wildman–Crippen MR) is 138 cm³/mol. The molecule has 4 heterocycles. The number of nitrogens with one attached hydrogen (secondary N) is 1. The van der Waals surface area contributed by atoms with Crippen LogP contribution < -0.4 is 10.2 Å². The molecule has 3 aliphatic rings. The first kappa shape index (κ1) is 23.8. The van der Waals surface area contributed by atoms with Crippen molar-refractivity contribution in [2.45, 2.75) is 44.2 Å². The number of guanidine groups is 1. The first-order valence-electron chi connectivity index (χ1n) is 12.6. The largest absolute Gasteiger partial charge is 0.416 e. The summed E-state index contributed by atoms with van der Waals surface area (Å²) in [5, 5.41) is 3.15. The maximum Gasteiger partial charge on any atom is 0.416 e. The Hall–Kier alpha value is -3.53. The molecule has 0 bridgehead atoms. The smallest absolute Gasteiger partial charge is 0.357 e. The summed E-state index contributed by atoms with van der Waals surface area (Å²) < 4.78 is 41.6. The summed E-state index contributed by atoms with van der Waals surface area (Å²) in [7, 11) is 1.91. The van der Waals surface area contributed by atoms with Crippen molar-refractivity contribution in [2.75, 3.05) is 31.7 Å². The minimum absolute atomic E-state index is 0.179. The molecule has 2 fully saturated rings. The molecule has 2 unspecified atom stereocenters. The highest BCUT2D eigenvalue weighted by atomic mass is 19.4. The van der Waals surface area contributed by atoms with E-state index in [1.807, 2.05) is 30.6 Å². The number of imidazole rings is 1. The first-order valence-corrected chi connectivity index (χ1v) is 12.6. The molecule has 0 spiro atoms. The molecule has 0 aliphatic carbocycles. The molecular formula is C27H30F3N7. The maximum absolute atomic E-state index is 13.2. The molecule has 6 rings (SSSR count). The average molecular weight is 510 g/mol. The zero-order valence-corrected chi connectivity index (χ0v) is 20.9. The number of halogens is 3. The Balaban J connectivity index is 1.23. The van der Waals surface area contributed by atoms with Crippen molar-refractivity contribution >= 4 is 22.7 Å². The molecular weight excluding hydrogens is 479 g/mol. The highest BCUT2D eigenvalue weighted by Gasteiger charge is 2.34. The summed E-state index contributed by atoms with van der Waals surface area (Å²) in [6.45, 7) is 5.02. The Morgan fingerprint density at radius 3 is 2.84 bits per heavy atom. The van der Waals surface area contributed by atoms with Gasteiger partial charge in [0.1, 0.15) is 6.17 Å². The zero-order chi connectivity index (χ0) is 25.7. The number of likely N-dealkylation sites (N-methyl/N-ethyl adjacent to an activating group) is 1. The third kappa shape index (κ3) is 4.43. The Morgan fingerprint density at radius 1 is 1.16 bits per heavy atom. The fraction of sp³-hybridized carbons (Fsp3) is 0.407. The Morgan fingerprint density at radius 2 is 2.03 bits per heavy atom. The fourth-order valence-electron chi connectivity index (χ4n) is 5.64. The van der Waals surface area contributed by atoms with Crippen LogP contribution in [0.5, 0.6) is 0 Å².